The summed E-state index contributed by atoms with van der Waals surface area (Å²) in [6.45, 7) is 0. The second-order valence-electron chi connectivity index (χ2n) is 4.47. The van der Waals surface area contributed by atoms with Crippen molar-refractivity contribution < 1.29 is 10.0 Å². The fourth-order valence-electron chi connectivity index (χ4n) is 1.83. The number of nitrogens with two attached hydrogens (primary N) is 1. The van der Waals surface area contributed by atoms with Crippen molar-refractivity contribution in [1.82, 2.24) is 5.32 Å². The van der Waals surface area contributed by atoms with Gasteiger partial charge in [0.15, 0.2) is 5.84 Å². The van der Waals surface area contributed by atoms with E-state index in [1.165, 1.54) is 12.1 Å². The minimum atomic E-state index is -0.463. The van der Waals surface area contributed by atoms with Crippen LogP contribution in [0, 0.1) is 5.92 Å². The number of nitrogens with one attached hydrogen (secondary N) is 1. The molecule has 0 aromatic heterocycles. The fraction of sp³-hybridized carbons (Fsp3) is 0.333. The number of nitrogens with zero attached hydrogens (tertiary/aromatic N) is 1. The highest BCUT2D eigenvalue weighted by Crippen LogP contribution is 2.33. The van der Waals surface area contributed by atoms with E-state index in [2.05, 4.69) is 10.5 Å². The van der Waals surface area contributed by atoms with Gasteiger partial charge in [0.1, 0.15) is 0 Å². The van der Waals surface area contributed by atoms with Crippen LogP contribution in [0.15, 0.2) is 23.4 Å². The Labute approximate surface area is 120 Å². The fourth-order valence-corrected chi connectivity index (χ4v) is 2.36. The molecule has 1 aromatic rings. The van der Waals surface area contributed by atoms with Gasteiger partial charge in [-0.1, -0.05) is 28.4 Å². The van der Waals surface area contributed by atoms with Gasteiger partial charge < -0.3 is 16.3 Å². The van der Waals surface area contributed by atoms with Gasteiger partial charge in [-0.25, -0.2) is 0 Å². The maximum absolute atomic E-state index is 12.1. The standard InChI is InChI=1S/C12H13Cl2N3O2/c13-8-3-7(4-9(14)5-8)12(18)16-10(6-1-2-6)11(15)17-19/h3-6,10,19H,1-2H2,(H2,15,17)(H,16,18). The molecule has 1 amide bonds. The van der Waals surface area contributed by atoms with Crippen molar-refractivity contribution in [2.45, 2.75) is 18.9 Å². The molecule has 1 saturated carbocycles. The Bertz CT molecular complexity index is 509. The van der Waals surface area contributed by atoms with E-state index in [1.807, 2.05) is 0 Å². The van der Waals surface area contributed by atoms with E-state index in [4.69, 9.17) is 34.1 Å². The summed E-state index contributed by atoms with van der Waals surface area (Å²) >= 11 is 11.7. The maximum Gasteiger partial charge on any atom is 0.251 e. The zero-order valence-electron chi connectivity index (χ0n) is 9.94. The van der Waals surface area contributed by atoms with E-state index in [0.717, 1.165) is 12.8 Å². The van der Waals surface area contributed by atoms with Crippen molar-refractivity contribution in [3.8, 4) is 0 Å². The Hall–Kier alpha value is -1.46. The van der Waals surface area contributed by atoms with Crippen LogP contribution in [0.3, 0.4) is 0 Å². The van der Waals surface area contributed by atoms with Crippen LogP contribution < -0.4 is 11.1 Å². The lowest BCUT2D eigenvalue weighted by Crippen LogP contribution is -2.46. The number of amides is 1. The highest BCUT2D eigenvalue weighted by molar-refractivity contribution is 6.35. The molecular formula is C12H13Cl2N3O2. The lowest BCUT2D eigenvalue weighted by atomic mass is 10.1. The largest absolute Gasteiger partial charge is 0.409 e. The number of halogens is 2. The summed E-state index contributed by atoms with van der Waals surface area (Å²) in [5, 5.41) is 15.2. The molecule has 0 saturated heterocycles. The molecule has 1 atom stereocenters. The Morgan fingerprint density at radius 2 is 1.95 bits per heavy atom. The summed E-state index contributed by atoms with van der Waals surface area (Å²) in [4.78, 5) is 12.1. The van der Waals surface area contributed by atoms with Crippen molar-refractivity contribution >= 4 is 34.9 Å². The third kappa shape index (κ3) is 3.52. The zero-order valence-corrected chi connectivity index (χ0v) is 11.4. The zero-order chi connectivity index (χ0) is 14.0. The Kier molecular flexibility index (Phi) is 4.17. The smallest absolute Gasteiger partial charge is 0.251 e. The molecule has 19 heavy (non-hydrogen) atoms. The average molecular weight is 302 g/mol. The first-order valence-electron chi connectivity index (χ1n) is 5.75. The number of amidine groups is 1. The van der Waals surface area contributed by atoms with Crippen LogP contribution in [0.4, 0.5) is 0 Å². The molecule has 0 heterocycles. The third-order valence-corrected chi connectivity index (χ3v) is 3.38. The molecule has 7 heteroatoms. The van der Waals surface area contributed by atoms with Crippen LogP contribution in [0.5, 0.6) is 0 Å². The van der Waals surface area contributed by atoms with Crippen molar-refractivity contribution in [2.75, 3.05) is 0 Å². The lowest BCUT2D eigenvalue weighted by molar-refractivity contribution is 0.0943. The average Bonchev–Trinajstić information content (AvgIpc) is 3.17. The Morgan fingerprint density at radius 3 is 2.42 bits per heavy atom. The van der Waals surface area contributed by atoms with Gasteiger partial charge >= 0.3 is 0 Å². The molecule has 1 unspecified atom stereocenters. The van der Waals surface area contributed by atoms with Crippen LogP contribution in [0.2, 0.25) is 10.0 Å². The SMILES string of the molecule is NC(=NO)C(NC(=O)c1cc(Cl)cc(Cl)c1)C1CC1. The summed E-state index contributed by atoms with van der Waals surface area (Å²) < 4.78 is 0. The van der Waals surface area contributed by atoms with Gasteiger partial charge in [-0.05, 0) is 37.0 Å². The number of benzene rings is 1. The summed E-state index contributed by atoms with van der Waals surface area (Å²) in [6, 6.07) is 4.11. The highest BCUT2D eigenvalue weighted by Gasteiger charge is 2.35. The van der Waals surface area contributed by atoms with Gasteiger partial charge in [-0.15, -0.1) is 0 Å². The lowest BCUT2D eigenvalue weighted by Gasteiger charge is -2.16. The third-order valence-electron chi connectivity index (χ3n) is 2.94. The first-order chi connectivity index (χ1) is 9.01. The van der Waals surface area contributed by atoms with Crippen LogP contribution >= 0.6 is 23.2 Å². The summed E-state index contributed by atoms with van der Waals surface area (Å²) in [5.41, 5.74) is 5.92. The van der Waals surface area contributed by atoms with Crippen LogP contribution in [-0.4, -0.2) is 23.0 Å². The molecular weight excluding hydrogens is 289 g/mol. The number of oxime groups is 1. The minimum Gasteiger partial charge on any atom is -0.409 e. The molecule has 1 aliphatic carbocycles. The van der Waals surface area contributed by atoms with Gasteiger partial charge in [0.25, 0.3) is 5.91 Å². The molecule has 4 N–H and O–H groups in total. The van der Waals surface area contributed by atoms with E-state index in [0.29, 0.717) is 15.6 Å². The van der Waals surface area contributed by atoms with Gasteiger partial charge in [-0.3, -0.25) is 4.79 Å². The van der Waals surface area contributed by atoms with Crippen molar-refractivity contribution in [2.24, 2.45) is 16.8 Å². The normalized spacial score (nSPS) is 17.1. The molecule has 1 fully saturated rings. The van der Waals surface area contributed by atoms with Crippen LogP contribution in [0.1, 0.15) is 23.2 Å². The number of carbonyl (C=O) groups is 1. The minimum absolute atomic E-state index is 0.00368. The number of carbonyl (C=O) groups excluding carboxylic acids is 1. The summed E-state index contributed by atoms with van der Waals surface area (Å²) in [5.74, 6) is -0.133. The highest BCUT2D eigenvalue weighted by atomic mass is 35.5. The van der Waals surface area contributed by atoms with Gasteiger partial charge in [0.2, 0.25) is 0 Å². The first kappa shape index (κ1) is 14.0. The van der Waals surface area contributed by atoms with Crippen molar-refractivity contribution in [1.29, 1.82) is 0 Å². The van der Waals surface area contributed by atoms with E-state index in [-0.39, 0.29) is 17.7 Å². The molecule has 1 aromatic carbocycles. The van der Waals surface area contributed by atoms with Crippen LogP contribution in [0.25, 0.3) is 0 Å². The predicted molar refractivity (Wildman–Crippen MR) is 73.8 cm³/mol. The Balaban J connectivity index is 2.15. The second-order valence-corrected chi connectivity index (χ2v) is 5.34. The van der Waals surface area contributed by atoms with E-state index in [9.17, 15) is 4.79 Å². The first-order valence-corrected chi connectivity index (χ1v) is 6.51. The molecule has 0 spiro atoms. The topological polar surface area (TPSA) is 87.7 Å². The molecule has 0 aliphatic heterocycles. The van der Waals surface area contributed by atoms with Gasteiger partial charge in [-0.2, -0.15) is 0 Å². The molecule has 102 valence electrons. The molecule has 1 aliphatic rings. The Morgan fingerprint density at radius 1 is 1.37 bits per heavy atom. The van der Waals surface area contributed by atoms with E-state index in [1.54, 1.807) is 6.07 Å². The van der Waals surface area contributed by atoms with Crippen LogP contribution in [-0.2, 0) is 0 Å². The number of rotatable bonds is 4. The summed E-state index contributed by atoms with van der Waals surface area (Å²) in [6.07, 6.45) is 1.88. The van der Waals surface area contributed by atoms with Gasteiger partial charge in [0, 0.05) is 15.6 Å². The molecule has 0 bridgehead atoms. The van der Waals surface area contributed by atoms with Crippen molar-refractivity contribution in [3.63, 3.8) is 0 Å². The quantitative estimate of drug-likeness (QED) is 0.345. The molecule has 5 nitrogen and oxygen atoms in total. The van der Waals surface area contributed by atoms with E-state index < -0.39 is 6.04 Å². The monoisotopic (exact) mass is 301 g/mol. The van der Waals surface area contributed by atoms with Crippen molar-refractivity contribution in [3.05, 3.63) is 33.8 Å². The predicted octanol–water partition coefficient (Wildman–Crippen LogP) is 2.25. The number of hydrogen-bond donors (Lipinski definition) is 3. The maximum atomic E-state index is 12.1. The van der Waals surface area contributed by atoms with Gasteiger partial charge in [0.05, 0.1) is 6.04 Å². The van der Waals surface area contributed by atoms with E-state index >= 15 is 0 Å². The number of hydrogen-bond acceptors (Lipinski definition) is 3. The summed E-state index contributed by atoms with van der Waals surface area (Å²) in [7, 11) is 0. The second kappa shape index (κ2) is 5.67. The molecule has 0 radical (unpaired) electrons. The molecule has 2 rings (SSSR count).